The first-order valence-electron chi connectivity index (χ1n) is 10.3. The van der Waals surface area contributed by atoms with E-state index < -0.39 is 6.04 Å². The van der Waals surface area contributed by atoms with Crippen LogP contribution in [0.25, 0.3) is 11.4 Å². The number of amides is 1. The first-order valence-corrected chi connectivity index (χ1v) is 10.3. The van der Waals surface area contributed by atoms with E-state index in [2.05, 4.69) is 15.6 Å². The summed E-state index contributed by atoms with van der Waals surface area (Å²) < 4.78 is 1.70. The van der Waals surface area contributed by atoms with Gasteiger partial charge in [0.25, 0.3) is 5.91 Å². The summed E-state index contributed by atoms with van der Waals surface area (Å²) in [7, 11) is 0. The van der Waals surface area contributed by atoms with Gasteiger partial charge in [-0.1, -0.05) is 60.7 Å². The highest BCUT2D eigenvalue weighted by Crippen LogP contribution is 2.37. The Hall–Kier alpha value is -4.39. The normalized spacial score (nSPS) is 15.1. The van der Waals surface area contributed by atoms with Gasteiger partial charge in [0.15, 0.2) is 5.82 Å². The molecule has 0 aliphatic carbocycles. The molecule has 0 unspecified atom stereocenters. The van der Waals surface area contributed by atoms with Crippen molar-refractivity contribution in [3.05, 3.63) is 102 Å². The Kier molecular flexibility index (Phi) is 4.91. The number of nitrogens with zero attached hydrogens (tertiary/aromatic N) is 3. The number of phenols is 1. The Morgan fingerprint density at radius 3 is 2.44 bits per heavy atom. The monoisotopic (exact) mass is 423 g/mol. The van der Waals surface area contributed by atoms with Gasteiger partial charge in [-0.05, 0) is 36.8 Å². The van der Waals surface area contributed by atoms with E-state index in [0.717, 1.165) is 11.1 Å². The molecule has 1 aromatic heterocycles. The zero-order valence-corrected chi connectivity index (χ0v) is 17.4. The third-order valence-electron chi connectivity index (χ3n) is 5.35. The molecular weight excluding hydrogens is 402 g/mol. The summed E-state index contributed by atoms with van der Waals surface area (Å²) in [5, 5.41) is 21.0. The molecule has 0 fully saturated rings. The van der Waals surface area contributed by atoms with Crippen molar-refractivity contribution >= 4 is 17.5 Å². The van der Waals surface area contributed by atoms with Gasteiger partial charge in [-0.3, -0.25) is 4.79 Å². The molecule has 5 rings (SSSR count). The Labute approximate surface area is 185 Å². The first-order chi connectivity index (χ1) is 15.6. The van der Waals surface area contributed by atoms with Gasteiger partial charge >= 0.3 is 0 Å². The summed E-state index contributed by atoms with van der Waals surface area (Å²) in [4.78, 5) is 18.1. The lowest BCUT2D eigenvalue weighted by molar-refractivity contribution is -0.113. The van der Waals surface area contributed by atoms with Crippen LogP contribution in [0.3, 0.4) is 0 Å². The van der Waals surface area contributed by atoms with Crippen molar-refractivity contribution in [2.45, 2.75) is 13.0 Å². The van der Waals surface area contributed by atoms with Crippen LogP contribution < -0.4 is 10.6 Å². The molecule has 0 saturated heterocycles. The predicted molar refractivity (Wildman–Crippen MR) is 123 cm³/mol. The third-order valence-corrected chi connectivity index (χ3v) is 5.35. The number of aromatic hydroxyl groups is 1. The second kappa shape index (κ2) is 8.03. The summed E-state index contributed by atoms with van der Waals surface area (Å²) >= 11 is 0. The van der Waals surface area contributed by atoms with Crippen LogP contribution in [0, 0.1) is 0 Å². The fourth-order valence-electron chi connectivity index (χ4n) is 3.88. The fraction of sp³-hybridized carbons (Fsp3) is 0.0800. The highest BCUT2D eigenvalue weighted by Gasteiger charge is 2.34. The van der Waals surface area contributed by atoms with Crippen LogP contribution in [0.5, 0.6) is 5.75 Å². The van der Waals surface area contributed by atoms with Crippen LogP contribution in [-0.4, -0.2) is 25.8 Å². The molecule has 7 nitrogen and oxygen atoms in total. The summed E-state index contributed by atoms with van der Waals surface area (Å²) in [5.41, 5.74) is 3.47. The van der Waals surface area contributed by atoms with Crippen molar-refractivity contribution in [2.75, 3.05) is 10.6 Å². The predicted octanol–water partition coefficient (Wildman–Crippen LogP) is 4.58. The number of allylic oxidation sites excluding steroid dienone is 1. The number of carbonyl (C=O) groups excluding carboxylic acids is 1. The second-order valence-electron chi connectivity index (χ2n) is 7.55. The van der Waals surface area contributed by atoms with Crippen molar-refractivity contribution in [2.24, 2.45) is 0 Å². The molecule has 1 amide bonds. The minimum absolute atomic E-state index is 0.117. The van der Waals surface area contributed by atoms with Crippen LogP contribution in [0.4, 0.5) is 11.6 Å². The largest absolute Gasteiger partial charge is 0.508 e. The first kappa shape index (κ1) is 19.6. The van der Waals surface area contributed by atoms with E-state index in [4.69, 9.17) is 5.10 Å². The number of fused-ring (bicyclic) bond motifs is 1. The maximum atomic E-state index is 13.4. The summed E-state index contributed by atoms with van der Waals surface area (Å²) in [6.07, 6.45) is 0. The van der Waals surface area contributed by atoms with Gasteiger partial charge in [0.2, 0.25) is 5.95 Å². The molecule has 4 aromatic rings. The number of nitrogens with one attached hydrogen (secondary N) is 2. The smallest absolute Gasteiger partial charge is 0.255 e. The lowest BCUT2D eigenvalue weighted by Gasteiger charge is -2.28. The average molecular weight is 423 g/mol. The molecule has 0 spiro atoms. The molecule has 2 heterocycles. The van der Waals surface area contributed by atoms with E-state index in [1.165, 1.54) is 0 Å². The highest BCUT2D eigenvalue weighted by atomic mass is 16.3. The number of phenolic OH excluding ortho intramolecular Hbond substituents is 1. The van der Waals surface area contributed by atoms with Crippen LogP contribution >= 0.6 is 0 Å². The Morgan fingerprint density at radius 2 is 1.72 bits per heavy atom. The molecule has 158 valence electrons. The van der Waals surface area contributed by atoms with Crippen molar-refractivity contribution in [1.29, 1.82) is 0 Å². The van der Waals surface area contributed by atoms with Gasteiger partial charge in [-0.25, -0.2) is 4.68 Å². The number of benzene rings is 3. The highest BCUT2D eigenvalue weighted by molar-refractivity contribution is 6.06. The number of carbonyl (C=O) groups is 1. The summed E-state index contributed by atoms with van der Waals surface area (Å²) in [6.45, 7) is 1.84. The maximum absolute atomic E-state index is 13.4. The standard InChI is InChI=1S/C25H21N5O2/c1-16-21(24(32)27-19-12-6-3-7-13-19)22(18-11-8-14-20(31)15-18)30-25(26-16)28-23(29-30)17-9-4-2-5-10-17/h2-15,22,31H,1H3,(H,27,32)(H,26,28,29)/t22-/m0/s1. The van der Waals surface area contributed by atoms with E-state index in [-0.39, 0.29) is 11.7 Å². The molecule has 32 heavy (non-hydrogen) atoms. The topological polar surface area (TPSA) is 92.1 Å². The molecule has 3 aromatic carbocycles. The molecular formula is C25H21N5O2. The van der Waals surface area contributed by atoms with Crippen LogP contribution in [0.15, 0.2) is 96.2 Å². The molecule has 1 atom stereocenters. The van der Waals surface area contributed by atoms with Crippen molar-refractivity contribution < 1.29 is 9.90 Å². The van der Waals surface area contributed by atoms with E-state index in [1.807, 2.05) is 73.7 Å². The van der Waals surface area contributed by atoms with Crippen LogP contribution in [0.1, 0.15) is 18.5 Å². The Morgan fingerprint density at radius 1 is 1.00 bits per heavy atom. The number of hydrogen-bond acceptors (Lipinski definition) is 5. The van der Waals surface area contributed by atoms with E-state index in [0.29, 0.717) is 28.7 Å². The molecule has 7 heteroatoms. The molecule has 0 radical (unpaired) electrons. The maximum Gasteiger partial charge on any atom is 0.255 e. The second-order valence-corrected chi connectivity index (χ2v) is 7.55. The molecule has 3 N–H and O–H groups in total. The van der Waals surface area contributed by atoms with Gasteiger partial charge in [-0.2, -0.15) is 4.98 Å². The lowest BCUT2D eigenvalue weighted by atomic mass is 9.95. The fourth-order valence-corrected chi connectivity index (χ4v) is 3.88. The average Bonchev–Trinajstić information content (AvgIpc) is 3.23. The van der Waals surface area contributed by atoms with Gasteiger partial charge < -0.3 is 15.7 Å². The van der Waals surface area contributed by atoms with E-state index in [9.17, 15) is 9.90 Å². The van der Waals surface area contributed by atoms with Gasteiger partial charge in [-0.15, -0.1) is 5.10 Å². The van der Waals surface area contributed by atoms with Crippen molar-refractivity contribution in [3.8, 4) is 17.1 Å². The Bertz CT molecular complexity index is 1310. The summed E-state index contributed by atoms with van der Waals surface area (Å²) in [6, 6.07) is 25.3. The summed E-state index contributed by atoms with van der Waals surface area (Å²) in [5.74, 6) is 0.949. The number of para-hydroxylation sites is 1. The lowest BCUT2D eigenvalue weighted by Crippen LogP contribution is -2.31. The molecule has 1 aliphatic heterocycles. The zero-order valence-electron chi connectivity index (χ0n) is 17.4. The van der Waals surface area contributed by atoms with E-state index >= 15 is 0 Å². The van der Waals surface area contributed by atoms with Crippen LogP contribution in [0.2, 0.25) is 0 Å². The van der Waals surface area contributed by atoms with Gasteiger partial charge in [0, 0.05) is 16.9 Å². The Balaban J connectivity index is 1.62. The SMILES string of the molecule is CC1=C(C(=O)Nc2ccccc2)[C@H](c2cccc(O)c2)n2nc(-c3ccccc3)nc2N1. The minimum atomic E-state index is -0.563. The van der Waals surface area contributed by atoms with Crippen LogP contribution in [-0.2, 0) is 4.79 Å². The molecule has 0 bridgehead atoms. The quantitative estimate of drug-likeness (QED) is 0.447. The van der Waals surface area contributed by atoms with Crippen molar-refractivity contribution in [1.82, 2.24) is 14.8 Å². The molecule has 0 saturated carbocycles. The van der Waals surface area contributed by atoms with Crippen molar-refractivity contribution in [3.63, 3.8) is 0 Å². The van der Waals surface area contributed by atoms with Gasteiger partial charge in [0.05, 0.1) is 5.57 Å². The number of aromatic nitrogens is 3. The van der Waals surface area contributed by atoms with E-state index in [1.54, 1.807) is 22.9 Å². The molecule has 1 aliphatic rings. The third kappa shape index (κ3) is 3.60. The van der Waals surface area contributed by atoms with Gasteiger partial charge in [0.1, 0.15) is 11.8 Å². The number of hydrogen-bond donors (Lipinski definition) is 3. The minimum Gasteiger partial charge on any atom is -0.508 e. The number of anilines is 2. The number of rotatable bonds is 4. The zero-order chi connectivity index (χ0) is 22.1.